The van der Waals surface area contributed by atoms with Crippen molar-refractivity contribution >= 4 is 11.7 Å². The van der Waals surface area contributed by atoms with Gasteiger partial charge in [-0.1, -0.05) is 0 Å². The molecule has 0 aliphatic carbocycles. The van der Waals surface area contributed by atoms with E-state index in [0.717, 1.165) is 0 Å². The van der Waals surface area contributed by atoms with Crippen molar-refractivity contribution in [2.24, 2.45) is 12.0 Å². The second kappa shape index (κ2) is 2.44. The summed E-state index contributed by atoms with van der Waals surface area (Å²) in [4.78, 5) is 14.8. The van der Waals surface area contributed by atoms with Gasteiger partial charge in [0, 0.05) is 13.2 Å². The highest BCUT2D eigenvalue weighted by atomic mass is 16.2. The van der Waals surface area contributed by atoms with Gasteiger partial charge in [0.1, 0.15) is 12.2 Å². The molecule has 1 N–H and O–H groups in total. The van der Waals surface area contributed by atoms with Gasteiger partial charge in [-0.25, -0.2) is 0 Å². The highest BCUT2D eigenvalue weighted by Crippen LogP contribution is 1.99. The smallest absolute Gasteiger partial charge is 0.247 e. The second-order valence-electron chi connectivity index (χ2n) is 2.59. The van der Waals surface area contributed by atoms with Gasteiger partial charge in [0.05, 0.1) is 0 Å². The molecule has 1 amide bonds. The minimum atomic E-state index is -0.0735. The van der Waals surface area contributed by atoms with Gasteiger partial charge >= 0.3 is 0 Å². The topological polar surface area (TPSA) is 59.3 Å². The van der Waals surface area contributed by atoms with E-state index in [9.17, 15) is 4.79 Å². The molecule has 0 saturated heterocycles. The number of hydrogen-bond acceptors (Lipinski definition) is 3. The van der Waals surface area contributed by atoms with E-state index in [4.69, 9.17) is 0 Å². The van der Waals surface area contributed by atoms with Crippen molar-refractivity contribution in [2.75, 3.05) is 6.54 Å². The number of carbonyl (C=O) groups excluding carboxylic acids is 1. The molecule has 1 aromatic heterocycles. The molecule has 0 unspecified atom stereocenters. The molecule has 1 aromatic rings. The zero-order valence-corrected chi connectivity index (χ0v) is 6.61. The van der Waals surface area contributed by atoms with Crippen molar-refractivity contribution in [2.45, 2.75) is 0 Å². The zero-order chi connectivity index (χ0) is 8.55. The number of amidine groups is 1. The number of aryl methyl sites for hydroxylation is 1. The maximum Gasteiger partial charge on any atom is 0.247 e. The van der Waals surface area contributed by atoms with Crippen LogP contribution in [-0.2, 0) is 11.8 Å². The molecule has 0 saturated carbocycles. The Bertz CT molecular complexity index is 352. The first-order valence-electron chi connectivity index (χ1n) is 3.60. The molecule has 0 fully saturated rings. The van der Waals surface area contributed by atoms with Gasteiger partial charge in [-0.2, -0.15) is 5.10 Å². The summed E-state index contributed by atoms with van der Waals surface area (Å²) in [5.41, 5.74) is 0.711. The maximum atomic E-state index is 10.8. The molecule has 1 aliphatic rings. The highest BCUT2D eigenvalue weighted by molar-refractivity contribution is 6.11. The van der Waals surface area contributed by atoms with Crippen LogP contribution in [0.4, 0.5) is 0 Å². The summed E-state index contributed by atoms with van der Waals surface area (Å²) < 4.78 is 1.67. The Labute approximate surface area is 69.1 Å². The first-order chi connectivity index (χ1) is 5.75. The van der Waals surface area contributed by atoms with E-state index in [1.165, 1.54) is 0 Å². The average Bonchev–Trinajstić information content (AvgIpc) is 2.58. The minimum Gasteiger partial charge on any atom is -0.307 e. The molecule has 5 nitrogen and oxygen atoms in total. The first-order valence-corrected chi connectivity index (χ1v) is 3.60. The van der Waals surface area contributed by atoms with Gasteiger partial charge in [-0.15, -0.1) is 0 Å². The van der Waals surface area contributed by atoms with E-state index in [0.29, 0.717) is 11.5 Å². The van der Waals surface area contributed by atoms with E-state index in [1.54, 1.807) is 4.68 Å². The van der Waals surface area contributed by atoms with E-state index >= 15 is 0 Å². The lowest BCUT2D eigenvalue weighted by molar-refractivity contribution is -0.117. The molecule has 0 aromatic carbocycles. The summed E-state index contributed by atoms with van der Waals surface area (Å²) >= 11 is 0. The normalized spacial score (nSPS) is 16.1. The van der Waals surface area contributed by atoms with Gasteiger partial charge in [0.2, 0.25) is 5.91 Å². The van der Waals surface area contributed by atoms with Crippen molar-refractivity contribution < 1.29 is 4.79 Å². The molecule has 62 valence electrons. The van der Waals surface area contributed by atoms with E-state index < -0.39 is 0 Å². The molecular formula is C7H8N4O. The van der Waals surface area contributed by atoms with Crippen LogP contribution >= 0.6 is 0 Å². The molecule has 2 heterocycles. The predicted molar refractivity (Wildman–Crippen MR) is 42.8 cm³/mol. The summed E-state index contributed by atoms with van der Waals surface area (Å²) in [6.07, 6.45) is 1.81. The molecule has 0 radical (unpaired) electrons. The third kappa shape index (κ3) is 1.09. The summed E-state index contributed by atoms with van der Waals surface area (Å²) in [6.45, 7) is 0.214. The molecule has 0 spiro atoms. The zero-order valence-electron chi connectivity index (χ0n) is 6.61. The third-order valence-corrected chi connectivity index (χ3v) is 1.59. The molecule has 5 heteroatoms. The number of aliphatic imine (C=N–C) groups is 1. The Hall–Kier alpha value is -1.65. The Morgan fingerprint density at radius 1 is 1.67 bits per heavy atom. The number of nitrogens with zero attached hydrogens (tertiary/aromatic N) is 3. The fourth-order valence-electron chi connectivity index (χ4n) is 1.05. The largest absolute Gasteiger partial charge is 0.307 e. The van der Waals surface area contributed by atoms with Crippen molar-refractivity contribution in [1.82, 2.24) is 15.1 Å². The molecule has 0 atom stereocenters. The summed E-state index contributed by atoms with van der Waals surface area (Å²) in [6, 6.07) is 1.81. The van der Waals surface area contributed by atoms with Crippen LogP contribution in [0.5, 0.6) is 0 Å². The number of hydrogen-bond donors (Lipinski definition) is 1. The van der Waals surface area contributed by atoms with Gasteiger partial charge in [-0.3, -0.25) is 14.5 Å². The van der Waals surface area contributed by atoms with E-state index in [2.05, 4.69) is 15.4 Å². The lowest BCUT2D eigenvalue weighted by Crippen LogP contribution is -2.25. The Morgan fingerprint density at radius 2 is 2.50 bits per heavy atom. The molecule has 12 heavy (non-hydrogen) atoms. The summed E-state index contributed by atoms with van der Waals surface area (Å²) in [5, 5.41) is 6.72. The molecule has 1 aliphatic heterocycles. The van der Waals surface area contributed by atoms with Crippen molar-refractivity contribution in [3.63, 3.8) is 0 Å². The van der Waals surface area contributed by atoms with Crippen LogP contribution in [0.2, 0.25) is 0 Å². The average molecular weight is 164 g/mol. The fourth-order valence-corrected chi connectivity index (χ4v) is 1.05. The molecule has 0 bridgehead atoms. The Balaban J connectivity index is 2.27. The van der Waals surface area contributed by atoms with Crippen LogP contribution in [0.1, 0.15) is 5.69 Å². The third-order valence-electron chi connectivity index (χ3n) is 1.59. The minimum absolute atomic E-state index is 0.0735. The maximum absolute atomic E-state index is 10.8. The SMILES string of the molecule is Cn1ccc(C2=NCC(=O)N2)n1. The van der Waals surface area contributed by atoms with Crippen molar-refractivity contribution in [1.29, 1.82) is 0 Å². The van der Waals surface area contributed by atoms with E-state index in [-0.39, 0.29) is 12.5 Å². The predicted octanol–water partition coefficient (Wildman–Crippen LogP) is -0.704. The van der Waals surface area contributed by atoms with Gasteiger partial charge < -0.3 is 5.32 Å². The number of carbonyl (C=O) groups is 1. The van der Waals surface area contributed by atoms with E-state index in [1.807, 2.05) is 19.3 Å². The van der Waals surface area contributed by atoms with Crippen molar-refractivity contribution in [3.8, 4) is 0 Å². The van der Waals surface area contributed by atoms with Crippen LogP contribution < -0.4 is 5.32 Å². The van der Waals surface area contributed by atoms with Gasteiger partial charge in [0.25, 0.3) is 0 Å². The van der Waals surface area contributed by atoms with Crippen LogP contribution in [0, 0.1) is 0 Å². The van der Waals surface area contributed by atoms with Crippen LogP contribution in [0.3, 0.4) is 0 Å². The second-order valence-corrected chi connectivity index (χ2v) is 2.59. The van der Waals surface area contributed by atoms with Crippen LogP contribution in [-0.4, -0.2) is 28.1 Å². The first kappa shape index (κ1) is 7.02. The Morgan fingerprint density at radius 3 is 3.00 bits per heavy atom. The molecular weight excluding hydrogens is 156 g/mol. The standard InChI is InChI=1S/C7H8N4O/c1-11-3-2-5(10-11)7-8-4-6(12)9-7/h2-3H,4H2,1H3,(H,8,9,12). The summed E-state index contributed by atoms with van der Waals surface area (Å²) in [5.74, 6) is 0.497. The monoisotopic (exact) mass is 164 g/mol. The number of amides is 1. The highest BCUT2D eigenvalue weighted by Gasteiger charge is 2.16. The van der Waals surface area contributed by atoms with Gasteiger partial charge in [-0.05, 0) is 6.07 Å². The van der Waals surface area contributed by atoms with Crippen molar-refractivity contribution in [3.05, 3.63) is 18.0 Å². The number of rotatable bonds is 1. The van der Waals surface area contributed by atoms with Gasteiger partial charge in [0.15, 0.2) is 5.84 Å². The summed E-state index contributed by atoms with van der Waals surface area (Å²) in [7, 11) is 1.82. The molecule has 2 rings (SSSR count). The number of nitrogens with one attached hydrogen (secondary N) is 1. The number of aromatic nitrogens is 2. The fraction of sp³-hybridized carbons (Fsp3) is 0.286. The lowest BCUT2D eigenvalue weighted by atomic mass is 10.4. The lowest BCUT2D eigenvalue weighted by Gasteiger charge is -1.93. The van der Waals surface area contributed by atoms with Crippen LogP contribution in [0.25, 0.3) is 0 Å². The Kier molecular flexibility index (Phi) is 1.43. The van der Waals surface area contributed by atoms with Crippen LogP contribution in [0.15, 0.2) is 17.3 Å². The quantitative estimate of drug-likeness (QED) is 0.596.